The van der Waals surface area contributed by atoms with E-state index in [0.29, 0.717) is 0 Å². The highest BCUT2D eigenvalue weighted by molar-refractivity contribution is 4.93. The summed E-state index contributed by atoms with van der Waals surface area (Å²) in [4.78, 5) is 0. The fourth-order valence-electron chi connectivity index (χ4n) is 2.55. The van der Waals surface area contributed by atoms with E-state index in [1.165, 1.54) is 0 Å². The minimum atomic E-state index is -1.75. The van der Waals surface area contributed by atoms with Crippen molar-refractivity contribution in [1.82, 2.24) is 0 Å². The molecule has 136 valence electrons. The third-order valence-electron chi connectivity index (χ3n) is 3.98. The van der Waals surface area contributed by atoms with Crippen LogP contribution in [0.4, 0.5) is 0 Å². The molecule has 8 N–H and O–H groups in total. The minimum absolute atomic E-state index is 0.651. The van der Waals surface area contributed by atoms with Gasteiger partial charge in [0.2, 0.25) is 0 Å². The first-order valence-corrected chi connectivity index (χ1v) is 7.08. The Balaban J connectivity index is 2.08. The Morgan fingerprint density at radius 2 is 1.17 bits per heavy atom. The van der Waals surface area contributed by atoms with Crippen molar-refractivity contribution < 1.29 is 55.1 Å². The molecule has 0 aliphatic carbocycles. The van der Waals surface area contributed by atoms with Gasteiger partial charge in [-0.25, -0.2) is 0 Å². The maximum absolute atomic E-state index is 9.94. The number of aliphatic hydroxyl groups excluding tert-OH is 8. The molecule has 2 aliphatic rings. The Labute approximate surface area is 130 Å². The molecule has 11 heteroatoms. The van der Waals surface area contributed by atoms with Crippen molar-refractivity contribution in [2.45, 2.75) is 61.4 Å². The monoisotopic (exact) mass is 342 g/mol. The standard InChI is InChI=1S/C12H22O11/c13-1-3-6(16)8(18)10(11(20)21-3)23-12-9(19)7(17)5(15)4(2-14)22-12/h3-20H,1-2H2/t3-,4-,5+,6-,7+,8+,9-,10-,11-,12?/m1/s1. The van der Waals surface area contributed by atoms with E-state index in [4.69, 9.17) is 24.4 Å². The number of hydrogen-bond donors (Lipinski definition) is 8. The molecule has 0 aromatic rings. The second-order valence-electron chi connectivity index (χ2n) is 5.53. The predicted molar refractivity (Wildman–Crippen MR) is 68.6 cm³/mol. The third-order valence-corrected chi connectivity index (χ3v) is 3.98. The van der Waals surface area contributed by atoms with Crippen LogP contribution in [0.15, 0.2) is 0 Å². The molecular weight excluding hydrogens is 320 g/mol. The molecule has 2 fully saturated rings. The van der Waals surface area contributed by atoms with Crippen LogP contribution in [-0.4, -0.2) is 115 Å². The van der Waals surface area contributed by atoms with Gasteiger partial charge in [-0.15, -0.1) is 0 Å². The van der Waals surface area contributed by atoms with Crippen molar-refractivity contribution in [1.29, 1.82) is 0 Å². The summed E-state index contributed by atoms with van der Waals surface area (Å²) in [6.45, 7) is -1.33. The molecule has 2 saturated heterocycles. The van der Waals surface area contributed by atoms with Gasteiger partial charge in [0, 0.05) is 0 Å². The summed E-state index contributed by atoms with van der Waals surface area (Å²) in [6, 6.07) is 0. The predicted octanol–water partition coefficient (Wildman–Crippen LogP) is -5.40. The van der Waals surface area contributed by atoms with E-state index >= 15 is 0 Å². The van der Waals surface area contributed by atoms with Gasteiger partial charge in [-0.3, -0.25) is 0 Å². The second kappa shape index (κ2) is 7.63. The highest BCUT2D eigenvalue weighted by atomic mass is 16.7. The molecule has 10 atom stereocenters. The second-order valence-corrected chi connectivity index (χ2v) is 5.53. The molecular formula is C12H22O11. The van der Waals surface area contributed by atoms with E-state index in [0.717, 1.165) is 0 Å². The Morgan fingerprint density at radius 1 is 0.652 bits per heavy atom. The smallest absolute Gasteiger partial charge is 0.187 e. The average molecular weight is 342 g/mol. The largest absolute Gasteiger partial charge is 0.394 e. The highest BCUT2D eigenvalue weighted by Gasteiger charge is 2.50. The fraction of sp³-hybridized carbons (Fsp3) is 1.00. The molecule has 0 bridgehead atoms. The van der Waals surface area contributed by atoms with Crippen LogP contribution in [-0.2, 0) is 14.2 Å². The van der Waals surface area contributed by atoms with Crippen molar-refractivity contribution in [2.75, 3.05) is 13.2 Å². The van der Waals surface area contributed by atoms with E-state index in [1.807, 2.05) is 0 Å². The lowest BCUT2D eigenvalue weighted by Gasteiger charge is -2.44. The quantitative estimate of drug-likeness (QED) is 0.243. The number of rotatable bonds is 4. The van der Waals surface area contributed by atoms with Crippen molar-refractivity contribution in [3.63, 3.8) is 0 Å². The normalized spacial score (nSPS) is 51.7. The fourth-order valence-corrected chi connectivity index (χ4v) is 2.55. The molecule has 1 unspecified atom stereocenters. The van der Waals surface area contributed by atoms with Crippen molar-refractivity contribution in [3.8, 4) is 0 Å². The van der Waals surface area contributed by atoms with Gasteiger partial charge in [-0.1, -0.05) is 0 Å². The van der Waals surface area contributed by atoms with Gasteiger partial charge in [0.05, 0.1) is 13.2 Å². The number of aliphatic hydroxyl groups is 8. The zero-order valence-corrected chi connectivity index (χ0v) is 12.0. The summed E-state index contributed by atoms with van der Waals surface area (Å²) < 4.78 is 15.1. The molecule has 2 aliphatic heterocycles. The maximum Gasteiger partial charge on any atom is 0.187 e. The Kier molecular flexibility index (Phi) is 6.27. The third kappa shape index (κ3) is 3.65. The molecule has 0 aromatic carbocycles. The molecule has 2 rings (SSSR count). The first kappa shape index (κ1) is 18.9. The lowest BCUT2D eigenvalue weighted by molar-refractivity contribution is -0.361. The van der Waals surface area contributed by atoms with Crippen molar-refractivity contribution >= 4 is 0 Å². The van der Waals surface area contributed by atoms with Gasteiger partial charge in [-0.2, -0.15) is 0 Å². The maximum atomic E-state index is 9.94. The molecule has 0 saturated carbocycles. The summed E-state index contributed by atoms with van der Waals surface area (Å²) in [5, 5.41) is 76.7. The zero-order chi connectivity index (χ0) is 17.3. The number of hydrogen-bond acceptors (Lipinski definition) is 11. The average Bonchev–Trinajstić information content (AvgIpc) is 2.54. The first-order valence-electron chi connectivity index (χ1n) is 7.08. The topological polar surface area (TPSA) is 190 Å². The SMILES string of the molecule is OC[C@H]1OC(O[C@@H]2[C@@H](O)[C@H](O)[C@@H](CO)O[C@H]2O)[C@H](O)[C@@H](O)[C@H]1O. The molecule has 0 aromatic heterocycles. The van der Waals surface area contributed by atoms with E-state index in [9.17, 15) is 30.6 Å². The van der Waals surface area contributed by atoms with Gasteiger partial charge in [-0.05, 0) is 0 Å². The minimum Gasteiger partial charge on any atom is -0.394 e. The molecule has 0 radical (unpaired) electrons. The summed E-state index contributed by atoms with van der Waals surface area (Å²) in [5.74, 6) is 0. The van der Waals surface area contributed by atoms with Crippen LogP contribution < -0.4 is 0 Å². The van der Waals surface area contributed by atoms with Crippen LogP contribution in [0.1, 0.15) is 0 Å². The first-order chi connectivity index (χ1) is 10.8. The van der Waals surface area contributed by atoms with Crippen LogP contribution in [0.3, 0.4) is 0 Å². The zero-order valence-electron chi connectivity index (χ0n) is 12.0. The lowest BCUT2D eigenvalue weighted by Crippen LogP contribution is -2.64. The summed E-state index contributed by atoms with van der Waals surface area (Å²) >= 11 is 0. The Hall–Kier alpha value is -0.440. The molecule has 2 heterocycles. The molecule has 23 heavy (non-hydrogen) atoms. The summed E-state index contributed by atoms with van der Waals surface area (Å²) in [7, 11) is 0. The van der Waals surface area contributed by atoms with Gasteiger partial charge < -0.3 is 55.1 Å². The number of ether oxygens (including phenoxy) is 3. The summed E-state index contributed by atoms with van der Waals surface area (Å²) in [6.07, 6.45) is -15.6. The van der Waals surface area contributed by atoms with Crippen LogP contribution in [0.5, 0.6) is 0 Å². The van der Waals surface area contributed by atoms with Crippen LogP contribution in [0, 0.1) is 0 Å². The van der Waals surface area contributed by atoms with Crippen LogP contribution >= 0.6 is 0 Å². The van der Waals surface area contributed by atoms with E-state index < -0.39 is 74.6 Å². The molecule has 11 nitrogen and oxygen atoms in total. The van der Waals surface area contributed by atoms with Crippen molar-refractivity contribution in [3.05, 3.63) is 0 Å². The van der Waals surface area contributed by atoms with E-state index in [-0.39, 0.29) is 0 Å². The van der Waals surface area contributed by atoms with Gasteiger partial charge in [0.25, 0.3) is 0 Å². The van der Waals surface area contributed by atoms with Gasteiger partial charge in [0.1, 0.15) is 48.8 Å². The Bertz CT molecular complexity index is 380. The van der Waals surface area contributed by atoms with Crippen LogP contribution in [0.25, 0.3) is 0 Å². The van der Waals surface area contributed by atoms with Gasteiger partial charge in [0.15, 0.2) is 12.6 Å². The highest BCUT2D eigenvalue weighted by Crippen LogP contribution is 2.28. The van der Waals surface area contributed by atoms with E-state index in [2.05, 4.69) is 0 Å². The van der Waals surface area contributed by atoms with Crippen LogP contribution in [0.2, 0.25) is 0 Å². The molecule has 0 spiro atoms. The van der Waals surface area contributed by atoms with E-state index in [1.54, 1.807) is 0 Å². The Morgan fingerprint density at radius 3 is 1.74 bits per heavy atom. The molecule has 0 amide bonds. The lowest BCUT2D eigenvalue weighted by atomic mass is 9.97. The van der Waals surface area contributed by atoms with Gasteiger partial charge >= 0.3 is 0 Å². The summed E-state index contributed by atoms with van der Waals surface area (Å²) in [5.41, 5.74) is 0. The van der Waals surface area contributed by atoms with Crippen molar-refractivity contribution in [2.24, 2.45) is 0 Å².